The Morgan fingerprint density at radius 1 is 0.935 bits per heavy atom. The number of ether oxygens (including phenoxy) is 2. The molecule has 0 saturated carbocycles. The van der Waals surface area contributed by atoms with Gasteiger partial charge in [0.2, 0.25) is 6.79 Å². The quantitative estimate of drug-likeness (QED) is 0.615. The first-order valence-corrected chi connectivity index (χ1v) is 11.0. The van der Waals surface area contributed by atoms with Gasteiger partial charge in [-0.15, -0.1) is 0 Å². The molecule has 3 aliphatic rings. The van der Waals surface area contributed by atoms with Gasteiger partial charge in [0.1, 0.15) is 0 Å². The molecule has 3 aromatic carbocycles. The molecule has 3 atom stereocenters. The van der Waals surface area contributed by atoms with Crippen molar-refractivity contribution in [1.82, 2.24) is 10.9 Å². The number of aryl methyl sites for hydroxylation is 1. The van der Waals surface area contributed by atoms with Crippen molar-refractivity contribution in [3.8, 4) is 11.5 Å². The molecular formula is C25H24ClN3O2. The Morgan fingerprint density at radius 3 is 2.61 bits per heavy atom. The van der Waals surface area contributed by atoms with Crippen LogP contribution in [0.4, 0.5) is 5.69 Å². The maximum atomic E-state index is 6.10. The fourth-order valence-electron chi connectivity index (χ4n) is 5.07. The van der Waals surface area contributed by atoms with Crippen molar-refractivity contribution >= 4 is 17.3 Å². The number of fused-ring (bicyclic) bond motifs is 4. The van der Waals surface area contributed by atoms with Gasteiger partial charge in [-0.2, -0.15) is 0 Å². The van der Waals surface area contributed by atoms with E-state index in [1.807, 2.05) is 18.2 Å². The number of hydrazine groups is 1. The van der Waals surface area contributed by atoms with E-state index in [-0.39, 0.29) is 12.1 Å². The smallest absolute Gasteiger partial charge is 0.231 e. The molecule has 0 radical (unpaired) electrons. The van der Waals surface area contributed by atoms with Crippen LogP contribution in [0.3, 0.4) is 0 Å². The third-order valence-corrected chi connectivity index (χ3v) is 6.84. The molecule has 2 N–H and O–H groups in total. The zero-order chi connectivity index (χ0) is 20.9. The van der Waals surface area contributed by atoms with Gasteiger partial charge in [-0.05, 0) is 53.9 Å². The van der Waals surface area contributed by atoms with E-state index >= 15 is 0 Å². The lowest BCUT2D eigenvalue weighted by Crippen LogP contribution is -2.39. The number of benzene rings is 3. The first-order valence-electron chi connectivity index (χ1n) is 10.7. The lowest BCUT2D eigenvalue weighted by atomic mass is 9.81. The molecule has 3 aromatic rings. The van der Waals surface area contributed by atoms with Gasteiger partial charge in [0.15, 0.2) is 11.5 Å². The first kappa shape index (κ1) is 19.0. The van der Waals surface area contributed by atoms with Crippen molar-refractivity contribution in [2.24, 2.45) is 5.92 Å². The summed E-state index contributed by atoms with van der Waals surface area (Å²) in [7, 11) is 0. The van der Waals surface area contributed by atoms with Crippen LogP contribution in [0.25, 0.3) is 0 Å². The number of hydrogen-bond donors (Lipinski definition) is 2. The summed E-state index contributed by atoms with van der Waals surface area (Å²) < 4.78 is 11.1. The minimum absolute atomic E-state index is 0.181. The molecule has 0 aliphatic carbocycles. The summed E-state index contributed by atoms with van der Waals surface area (Å²) in [6.07, 6.45) is 0. The first-order chi connectivity index (χ1) is 15.2. The van der Waals surface area contributed by atoms with Gasteiger partial charge < -0.3 is 14.4 Å². The van der Waals surface area contributed by atoms with Crippen molar-refractivity contribution in [3.63, 3.8) is 0 Å². The van der Waals surface area contributed by atoms with Gasteiger partial charge in [0.25, 0.3) is 0 Å². The maximum Gasteiger partial charge on any atom is 0.231 e. The topological polar surface area (TPSA) is 45.8 Å². The van der Waals surface area contributed by atoms with Gasteiger partial charge in [0, 0.05) is 29.7 Å². The molecule has 158 valence electrons. The fraction of sp³-hybridized carbons (Fsp3) is 0.280. The van der Waals surface area contributed by atoms with E-state index in [2.05, 4.69) is 65.1 Å². The van der Waals surface area contributed by atoms with E-state index in [4.69, 9.17) is 21.1 Å². The lowest BCUT2D eigenvalue weighted by Gasteiger charge is -2.39. The molecule has 1 saturated heterocycles. The minimum Gasteiger partial charge on any atom is -0.454 e. The summed E-state index contributed by atoms with van der Waals surface area (Å²) in [5.41, 5.74) is 13.5. The third-order valence-electron chi connectivity index (χ3n) is 6.58. The largest absolute Gasteiger partial charge is 0.454 e. The van der Waals surface area contributed by atoms with E-state index in [0.29, 0.717) is 12.7 Å². The summed E-state index contributed by atoms with van der Waals surface area (Å²) in [6, 6.07) is 21.6. The second kappa shape index (κ2) is 7.45. The van der Waals surface area contributed by atoms with Crippen molar-refractivity contribution in [1.29, 1.82) is 0 Å². The van der Waals surface area contributed by atoms with Crippen molar-refractivity contribution in [2.75, 3.05) is 18.2 Å². The Kier molecular flexibility index (Phi) is 4.56. The summed E-state index contributed by atoms with van der Waals surface area (Å²) in [4.78, 5) is 2.49. The van der Waals surface area contributed by atoms with Gasteiger partial charge in [-0.25, -0.2) is 10.9 Å². The average Bonchev–Trinajstić information content (AvgIpc) is 3.41. The van der Waals surface area contributed by atoms with E-state index in [1.54, 1.807) is 0 Å². The summed E-state index contributed by atoms with van der Waals surface area (Å²) in [5, 5.41) is 0.769. The van der Waals surface area contributed by atoms with Crippen LogP contribution in [0.15, 0.2) is 60.7 Å². The number of hydrogen-bond acceptors (Lipinski definition) is 5. The van der Waals surface area contributed by atoms with Crippen molar-refractivity contribution in [3.05, 3.63) is 87.9 Å². The predicted octanol–water partition coefficient (Wildman–Crippen LogP) is 4.90. The number of halogens is 1. The Labute approximate surface area is 186 Å². The van der Waals surface area contributed by atoms with Gasteiger partial charge >= 0.3 is 0 Å². The summed E-state index contributed by atoms with van der Waals surface area (Å²) in [5.74, 6) is 2.02. The van der Waals surface area contributed by atoms with Crippen LogP contribution in [-0.4, -0.2) is 13.3 Å². The van der Waals surface area contributed by atoms with E-state index in [1.165, 1.54) is 27.9 Å². The van der Waals surface area contributed by atoms with E-state index < -0.39 is 0 Å². The summed E-state index contributed by atoms with van der Waals surface area (Å²) in [6.45, 7) is 4.25. The maximum absolute atomic E-state index is 6.10. The molecule has 3 unspecified atom stereocenters. The van der Waals surface area contributed by atoms with Crippen LogP contribution in [0, 0.1) is 12.8 Å². The Bertz CT molecular complexity index is 1130. The highest BCUT2D eigenvalue weighted by atomic mass is 35.5. The second-order valence-corrected chi connectivity index (χ2v) is 9.03. The highest BCUT2D eigenvalue weighted by Gasteiger charge is 2.43. The molecule has 3 aliphatic heterocycles. The zero-order valence-electron chi connectivity index (χ0n) is 17.3. The highest BCUT2D eigenvalue weighted by molar-refractivity contribution is 6.30. The number of anilines is 1. The standard InChI is InChI=1S/C25H24ClN3O2/c1-15-2-8-21-19(10-15)25-20(13-29(21)12-16-3-6-18(26)7-4-16)24(27-28-25)17-5-9-22-23(11-17)31-14-30-22/h2-11,20,24-25,27-28H,12-14H2,1H3. The van der Waals surface area contributed by atoms with Crippen LogP contribution in [0.2, 0.25) is 5.02 Å². The fourth-order valence-corrected chi connectivity index (χ4v) is 5.19. The highest BCUT2D eigenvalue weighted by Crippen LogP contribution is 2.47. The number of nitrogens with one attached hydrogen (secondary N) is 2. The molecule has 1 fully saturated rings. The van der Waals surface area contributed by atoms with Gasteiger partial charge in [0.05, 0.1) is 12.1 Å². The van der Waals surface area contributed by atoms with E-state index in [9.17, 15) is 0 Å². The summed E-state index contributed by atoms with van der Waals surface area (Å²) >= 11 is 6.10. The van der Waals surface area contributed by atoms with Crippen LogP contribution in [0.1, 0.15) is 34.3 Å². The second-order valence-electron chi connectivity index (χ2n) is 8.59. The number of rotatable bonds is 3. The van der Waals surface area contributed by atoms with Crippen LogP contribution in [-0.2, 0) is 6.54 Å². The Hall–Kier alpha value is -2.73. The minimum atomic E-state index is 0.181. The molecule has 6 heteroatoms. The van der Waals surface area contributed by atoms with Gasteiger partial charge in [-0.3, -0.25) is 0 Å². The van der Waals surface area contributed by atoms with E-state index in [0.717, 1.165) is 29.6 Å². The third kappa shape index (κ3) is 3.33. The Balaban J connectivity index is 1.36. The molecule has 6 rings (SSSR count). The molecule has 0 amide bonds. The zero-order valence-corrected chi connectivity index (χ0v) is 18.0. The average molecular weight is 434 g/mol. The molecule has 5 nitrogen and oxygen atoms in total. The number of nitrogens with zero attached hydrogens (tertiary/aromatic N) is 1. The lowest BCUT2D eigenvalue weighted by molar-refractivity contribution is 0.174. The molecule has 31 heavy (non-hydrogen) atoms. The molecule has 0 spiro atoms. The van der Waals surface area contributed by atoms with Crippen molar-refractivity contribution < 1.29 is 9.47 Å². The van der Waals surface area contributed by atoms with Crippen molar-refractivity contribution in [2.45, 2.75) is 25.6 Å². The van der Waals surface area contributed by atoms with Crippen LogP contribution >= 0.6 is 11.6 Å². The van der Waals surface area contributed by atoms with Crippen LogP contribution in [0.5, 0.6) is 11.5 Å². The normalized spacial score (nSPS) is 23.5. The predicted molar refractivity (Wildman–Crippen MR) is 121 cm³/mol. The molecular weight excluding hydrogens is 410 g/mol. The SMILES string of the molecule is Cc1ccc2c(c1)C1NNC(c3ccc4c(c3)OCO4)C1CN2Cc1ccc(Cl)cc1. The molecule has 0 aromatic heterocycles. The monoisotopic (exact) mass is 433 g/mol. The van der Waals surface area contributed by atoms with Crippen LogP contribution < -0.4 is 25.2 Å². The molecule has 0 bridgehead atoms. The van der Waals surface area contributed by atoms with Gasteiger partial charge in [-0.1, -0.05) is 47.5 Å². The molecule has 3 heterocycles. The Morgan fingerprint density at radius 2 is 1.74 bits per heavy atom.